The summed E-state index contributed by atoms with van der Waals surface area (Å²) in [5.74, 6) is -0.0608. The smallest absolute Gasteiger partial charge is 0.259 e. The van der Waals surface area contributed by atoms with Gasteiger partial charge < -0.3 is 30.7 Å². The number of carbonyl (C=O) groups excluding carboxylic acids is 2. The summed E-state index contributed by atoms with van der Waals surface area (Å²) in [4.78, 5) is 32.4. The zero-order valence-corrected chi connectivity index (χ0v) is 19.8. The van der Waals surface area contributed by atoms with Gasteiger partial charge in [-0.3, -0.25) is 9.59 Å². The van der Waals surface area contributed by atoms with Gasteiger partial charge in [-0.25, -0.2) is 4.98 Å². The first-order chi connectivity index (χ1) is 17.0. The van der Waals surface area contributed by atoms with Crippen LogP contribution < -0.4 is 26.0 Å². The molecule has 2 aromatic carbocycles. The van der Waals surface area contributed by atoms with Crippen LogP contribution in [-0.2, 0) is 4.74 Å². The number of amides is 2. The van der Waals surface area contributed by atoms with Crippen LogP contribution in [0, 0.1) is 0 Å². The second-order valence-electron chi connectivity index (χ2n) is 7.73. The second kappa shape index (κ2) is 11.7. The minimum Gasteiger partial charge on any atom is -0.491 e. The van der Waals surface area contributed by atoms with Crippen LogP contribution in [0.4, 0.5) is 17.2 Å². The average molecular weight is 496 g/mol. The first kappa shape index (κ1) is 24.5. The number of para-hydroxylation sites is 1. The van der Waals surface area contributed by atoms with Gasteiger partial charge in [-0.15, -0.1) is 0 Å². The lowest BCUT2D eigenvalue weighted by molar-refractivity contribution is 0.102. The largest absolute Gasteiger partial charge is 0.491 e. The third kappa shape index (κ3) is 6.27. The Hall–Kier alpha value is -3.66. The van der Waals surface area contributed by atoms with Crippen LogP contribution in [0.2, 0.25) is 5.02 Å². The number of rotatable bonds is 8. The molecule has 0 bridgehead atoms. The monoisotopic (exact) mass is 495 g/mol. The number of anilines is 3. The number of carbonyl (C=O) groups is 2. The highest BCUT2D eigenvalue weighted by Gasteiger charge is 2.20. The molecule has 0 saturated carbocycles. The van der Waals surface area contributed by atoms with Crippen molar-refractivity contribution in [1.29, 1.82) is 0 Å². The summed E-state index contributed by atoms with van der Waals surface area (Å²) in [6.07, 6.45) is 1.44. The van der Waals surface area contributed by atoms with E-state index in [-0.39, 0.29) is 12.2 Å². The Morgan fingerprint density at radius 2 is 1.80 bits per heavy atom. The highest BCUT2D eigenvalue weighted by atomic mass is 35.5. The third-order valence-electron chi connectivity index (χ3n) is 5.35. The molecule has 4 N–H and O–H groups in total. The van der Waals surface area contributed by atoms with E-state index in [1.807, 2.05) is 12.1 Å². The first-order valence-electron chi connectivity index (χ1n) is 11.2. The van der Waals surface area contributed by atoms with Gasteiger partial charge in [0.2, 0.25) is 0 Å². The van der Waals surface area contributed by atoms with Crippen molar-refractivity contribution in [2.45, 2.75) is 0 Å². The molecule has 3 aromatic rings. The van der Waals surface area contributed by atoms with E-state index in [1.54, 1.807) is 42.5 Å². The molecule has 1 saturated heterocycles. The molecule has 0 radical (unpaired) electrons. The van der Waals surface area contributed by atoms with Crippen LogP contribution in [0.3, 0.4) is 0 Å². The van der Waals surface area contributed by atoms with Crippen molar-refractivity contribution in [2.75, 3.05) is 55.0 Å². The van der Waals surface area contributed by atoms with Gasteiger partial charge in [0.25, 0.3) is 11.8 Å². The van der Waals surface area contributed by atoms with E-state index in [9.17, 15) is 9.59 Å². The summed E-state index contributed by atoms with van der Waals surface area (Å²) in [5, 5.41) is 6.00. The predicted molar refractivity (Wildman–Crippen MR) is 136 cm³/mol. The van der Waals surface area contributed by atoms with Gasteiger partial charge in [-0.05, 0) is 36.4 Å². The topological polar surface area (TPSA) is 119 Å². The number of ether oxygens (including phenoxy) is 2. The maximum Gasteiger partial charge on any atom is 0.259 e. The number of nitrogens with zero attached hydrogens (tertiary/aromatic N) is 2. The van der Waals surface area contributed by atoms with Crippen LogP contribution in [0.25, 0.3) is 0 Å². The van der Waals surface area contributed by atoms with Gasteiger partial charge in [0.15, 0.2) is 0 Å². The molecule has 182 valence electrons. The first-order valence-corrected chi connectivity index (χ1v) is 11.6. The Balaban J connectivity index is 1.55. The summed E-state index contributed by atoms with van der Waals surface area (Å²) >= 11 is 5.86. The number of hydrogen-bond acceptors (Lipinski definition) is 7. The molecular formula is C25H26ClN5O4. The molecule has 10 heteroatoms. The minimum absolute atomic E-state index is 0.264. The standard InChI is InChI=1S/C25H26ClN5O4/c26-17-5-8-23(28-16-17)30-24(32)19-3-1-2-4-21(19)29-25(33)20-7-6-18(15-22(20)35-12-9-27)31-10-13-34-14-11-31/h1-8,15-16H,9-14,27H2,(H,29,33)(H,28,30,32). The van der Waals surface area contributed by atoms with E-state index >= 15 is 0 Å². The minimum atomic E-state index is -0.419. The number of hydrogen-bond donors (Lipinski definition) is 3. The molecular weight excluding hydrogens is 470 g/mol. The van der Waals surface area contributed by atoms with Crippen LogP contribution >= 0.6 is 11.6 Å². The van der Waals surface area contributed by atoms with Crippen molar-refractivity contribution < 1.29 is 19.1 Å². The molecule has 1 aliphatic heterocycles. The second-order valence-corrected chi connectivity index (χ2v) is 8.17. The van der Waals surface area contributed by atoms with E-state index in [4.69, 9.17) is 26.8 Å². The summed E-state index contributed by atoms with van der Waals surface area (Å²) in [5.41, 5.74) is 7.53. The number of morpholine rings is 1. The van der Waals surface area contributed by atoms with Crippen LogP contribution in [0.15, 0.2) is 60.8 Å². The molecule has 9 nitrogen and oxygen atoms in total. The van der Waals surface area contributed by atoms with Gasteiger partial charge in [0.1, 0.15) is 18.2 Å². The number of pyridine rings is 1. The molecule has 1 fully saturated rings. The Kier molecular flexibility index (Phi) is 8.15. The molecule has 0 unspecified atom stereocenters. The summed E-state index contributed by atoms with van der Waals surface area (Å²) in [6, 6.07) is 15.4. The normalized spacial score (nSPS) is 13.3. The summed E-state index contributed by atoms with van der Waals surface area (Å²) in [7, 11) is 0. The number of nitrogens with one attached hydrogen (secondary N) is 2. The van der Waals surface area contributed by atoms with Crippen LogP contribution in [-0.4, -0.2) is 56.3 Å². The van der Waals surface area contributed by atoms with Gasteiger partial charge in [0, 0.05) is 37.6 Å². The van der Waals surface area contributed by atoms with Crippen LogP contribution in [0.5, 0.6) is 5.75 Å². The summed E-state index contributed by atoms with van der Waals surface area (Å²) < 4.78 is 11.2. The predicted octanol–water partition coefficient (Wildman–Crippen LogP) is 3.41. The van der Waals surface area contributed by atoms with Crippen LogP contribution in [0.1, 0.15) is 20.7 Å². The fourth-order valence-electron chi connectivity index (χ4n) is 3.62. The van der Waals surface area contributed by atoms with Crippen molar-refractivity contribution in [3.63, 3.8) is 0 Å². The maximum atomic E-state index is 13.2. The quantitative estimate of drug-likeness (QED) is 0.438. The number of nitrogens with two attached hydrogens (primary N) is 1. The van der Waals surface area contributed by atoms with Crippen molar-refractivity contribution in [3.05, 3.63) is 76.9 Å². The molecule has 1 aromatic heterocycles. The van der Waals surface area contributed by atoms with E-state index < -0.39 is 11.8 Å². The van der Waals surface area contributed by atoms with E-state index in [0.29, 0.717) is 47.6 Å². The Bertz CT molecular complexity index is 1180. The number of aromatic nitrogens is 1. The Labute approximate surface area is 208 Å². The zero-order valence-electron chi connectivity index (χ0n) is 19.0. The third-order valence-corrected chi connectivity index (χ3v) is 5.57. The van der Waals surface area contributed by atoms with Gasteiger partial charge in [0.05, 0.1) is 35.1 Å². The lowest BCUT2D eigenvalue weighted by atomic mass is 10.1. The van der Waals surface area contributed by atoms with E-state index in [2.05, 4.69) is 20.5 Å². The van der Waals surface area contributed by atoms with Crippen molar-refractivity contribution >= 4 is 40.6 Å². The maximum absolute atomic E-state index is 13.2. The molecule has 0 atom stereocenters. The fraction of sp³-hybridized carbons (Fsp3) is 0.240. The van der Waals surface area contributed by atoms with Crippen molar-refractivity contribution in [3.8, 4) is 5.75 Å². The van der Waals surface area contributed by atoms with Crippen molar-refractivity contribution in [2.24, 2.45) is 5.73 Å². The highest BCUT2D eigenvalue weighted by Crippen LogP contribution is 2.28. The Morgan fingerprint density at radius 3 is 2.54 bits per heavy atom. The highest BCUT2D eigenvalue weighted by molar-refractivity contribution is 6.30. The SMILES string of the molecule is NCCOc1cc(N2CCOCC2)ccc1C(=O)Nc1ccccc1C(=O)Nc1ccc(Cl)cn1. The number of halogens is 1. The van der Waals surface area contributed by atoms with Gasteiger partial charge >= 0.3 is 0 Å². The summed E-state index contributed by atoms with van der Waals surface area (Å²) in [6.45, 7) is 3.38. The molecule has 4 rings (SSSR count). The molecule has 2 heterocycles. The van der Waals surface area contributed by atoms with E-state index in [1.165, 1.54) is 6.20 Å². The average Bonchev–Trinajstić information content (AvgIpc) is 2.89. The lowest BCUT2D eigenvalue weighted by Crippen LogP contribution is -2.36. The molecule has 2 amide bonds. The van der Waals surface area contributed by atoms with E-state index in [0.717, 1.165) is 18.8 Å². The molecule has 35 heavy (non-hydrogen) atoms. The van der Waals surface area contributed by atoms with Gasteiger partial charge in [-0.2, -0.15) is 0 Å². The Morgan fingerprint density at radius 1 is 1.03 bits per heavy atom. The number of benzene rings is 2. The lowest BCUT2D eigenvalue weighted by Gasteiger charge is -2.29. The fourth-order valence-corrected chi connectivity index (χ4v) is 3.73. The molecule has 1 aliphatic rings. The molecule has 0 aliphatic carbocycles. The van der Waals surface area contributed by atoms with Gasteiger partial charge in [-0.1, -0.05) is 23.7 Å². The van der Waals surface area contributed by atoms with Crippen molar-refractivity contribution in [1.82, 2.24) is 4.98 Å². The zero-order chi connectivity index (χ0) is 24.6. The molecule has 0 spiro atoms.